The Hall–Kier alpha value is -2.50. The quantitative estimate of drug-likeness (QED) is 0.694. The molecule has 0 unspecified atom stereocenters. The van der Waals surface area contributed by atoms with Gasteiger partial charge in [0.1, 0.15) is 11.4 Å². The number of nitrogens with two attached hydrogens (primary N) is 1. The summed E-state index contributed by atoms with van der Waals surface area (Å²) in [5, 5.41) is 2.69. The zero-order valence-corrected chi connectivity index (χ0v) is 9.23. The van der Waals surface area contributed by atoms with Gasteiger partial charge in [0.05, 0.1) is 25.3 Å². The Morgan fingerprint density at radius 2 is 2.35 bits per heavy atom. The van der Waals surface area contributed by atoms with Gasteiger partial charge in [0.15, 0.2) is 0 Å². The highest BCUT2D eigenvalue weighted by Gasteiger charge is 2.08. The van der Waals surface area contributed by atoms with Crippen LogP contribution in [0.2, 0.25) is 0 Å². The largest absolute Gasteiger partial charge is 0.495 e. The second-order valence-electron chi connectivity index (χ2n) is 3.38. The fraction of sp³-hybridized carbons (Fsp3) is 0.0909. The van der Waals surface area contributed by atoms with E-state index >= 15 is 0 Å². The number of anilines is 2. The summed E-state index contributed by atoms with van der Waals surface area (Å²) in [5.41, 5.74) is 7.19. The van der Waals surface area contributed by atoms with E-state index in [2.05, 4.69) is 15.3 Å². The normalized spacial score (nSPS) is 9.94. The van der Waals surface area contributed by atoms with E-state index in [-0.39, 0.29) is 5.91 Å². The summed E-state index contributed by atoms with van der Waals surface area (Å²) < 4.78 is 5.02. The smallest absolute Gasteiger partial charge is 0.273 e. The number of rotatable bonds is 3. The van der Waals surface area contributed by atoms with Gasteiger partial charge in [0, 0.05) is 5.69 Å². The SMILES string of the molecule is COc1ccc(NC(=O)c2cnc[nH]2)cc1N. The average Bonchev–Trinajstić information content (AvgIpc) is 2.82. The Balaban J connectivity index is 2.14. The number of carbonyl (C=O) groups excluding carboxylic acids is 1. The third-order valence-electron chi connectivity index (χ3n) is 2.23. The lowest BCUT2D eigenvalue weighted by Crippen LogP contribution is -2.12. The van der Waals surface area contributed by atoms with Gasteiger partial charge in [-0.2, -0.15) is 0 Å². The van der Waals surface area contributed by atoms with Crippen molar-refractivity contribution in [2.24, 2.45) is 0 Å². The number of ether oxygens (including phenoxy) is 1. The molecule has 0 aliphatic rings. The molecule has 0 fully saturated rings. The minimum absolute atomic E-state index is 0.271. The van der Waals surface area contributed by atoms with Gasteiger partial charge in [0.2, 0.25) is 0 Å². The number of carbonyl (C=O) groups is 1. The molecule has 0 radical (unpaired) electrons. The van der Waals surface area contributed by atoms with Crippen LogP contribution in [0.25, 0.3) is 0 Å². The third-order valence-corrected chi connectivity index (χ3v) is 2.23. The average molecular weight is 232 g/mol. The lowest BCUT2D eigenvalue weighted by molar-refractivity contribution is 0.102. The molecule has 4 N–H and O–H groups in total. The number of aromatic nitrogens is 2. The second-order valence-corrected chi connectivity index (χ2v) is 3.38. The summed E-state index contributed by atoms with van der Waals surface area (Å²) in [5.74, 6) is 0.302. The summed E-state index contributed by atoms with van der Waals surface area (Å²) in [6, 6.07) is 5.04. The molecular weight excluding hydrogens is 220 g/mol. The Labute approximate surface area is 97.8 Å². The minimum Gasteiger partial charge on any atom is -0.495 e. The van der Waals surface area contributed by atoms with Gasteiger partial charge in [-0.05, 0) is 18.2 Å². The van der Waals surface area contributed by atoms with Crippen molar-refractivity contribution in [3.63, 3.8) is 0 Å². The molecule has 0 bridgehead atoms. The van der Waals surface area contributed by atoms with E-state index in [0.717, 1.165) is 0 Å². The molecule has 6 nitrogen and oxygen atoms in total. The van der Waals surface area contributed by atoms with Crippen molar-refractivity contribution < 1.29 is 9.53 Å². The molecule has 0 saturated carbocycles. The summed E-state index contributed by atoms with van der Waals surface area (Å²) in [4.78, 5) is 18.2. The topological polar surface area (TPSA) is 93.0 Å². The Morgan fingerprint density at radius 1 is 1.53 bits per heavy atom. The number of H-pyrrole nitrogens is 1. The fourth-order valence-corrected chi connectivity index (χ4v) is 1.39. The molecule has 2 rings (SSSR count). The van der Waals surface area contributed by atoms with Crippen molar-refractivity contribution in [1.82, 2.24) is 9.97 Å². The molecule has 1 amide bonds. The summed E-state index contributed by atoms with van der Waals surface area (Å²) in [7, 11) is 1.54. The first kappa shape index (κ1) is 11.0. The molecule has 0 spiro atoms. The second kappa shape index (κ2) is 4.56. The van der Waals surface area contributed by atoms with E-state index in [1.165, 1.54) is 19.6 Å². The van der Waals surface area contributed by atoms with Crippen LogP contribution in [0.1, 0.15) is 10.5 Å². The number of amides is 1. The van der Waals surface area contributed by atoms with Crippen LogP contribution < -0.4 is 15.8 Å². The van der Waals surface area contributed by atoms with Gasteiger partial charge in [-0.3, -0.25) is 4.79 Å². The van der Waals surface area contributed by atoms with E-state index in [4.69, 9.17) is 10.5 Å². The Kier molecular flexibility index (Phi) is 2.95. The van der Waals surface area contributed by atoms with Crippen molar-refractivity contribution in [3.05, 3.63) is 36.4 Å². The number of imidazole rings is 1. The number of nitrogens with zero attached hydrogens (tertiary/aromatic N) is 1. The van der Waals surface area contributed by atoms with E-state index < -0.39 is 0 Å². The predicted octanol–water partition coefficient (Wildman–Crippen LogP) is 1.25. The number of aromatic amines is 1. The van der Waals surface area contributed by atoms with Crippen LogP contribution >= 0.6 is 0 Å². The number of methoxy groups -OCH3 is 1. The zero-order valence-electron chi connectivity index (χ0n) is 9.23. The van der Waals surface area contributed by atoms with Crippen LogP contribution in [0.4, 0.5) is 11.4 Å². The van der Waals surface area contributed by atoms with Crippen molar-refractivity contribution >= 4 is 17.3 Å². The predicted molar refractivity (Wildman–Crippen MR) is 63.9 cm³/mol. The van der Waals surface area contributed by atoms with Crippen LogP contribution in [0.15, 0.2) is 30.7 Å². The van der Waals surface area contributed by atoms with E-state index in [0.29, 0.717) is 22.8 Å². The molecule has 88 valence electrons. The number of benzene rings is 1. The van der Waals surface area contributed by atoms with Gasteiger partial charge in [0.25, 0.3) is 5.91 Å². The van der Waals surface area contributed by atoms with E-state index in [9.17, 15) is 4.79 Å². The third kappa shape index (κ3) is 2.36. The van der Waals surface area contributed by atoms with Gasteiger partial charge >= 0.3 is 0 Å². The van der Waals surface area contributed by atoms with Crippen molar-refractivity contribution in [3.8, 4) is 5.75 Å². The zero-order chi connectivity index (χ0) is 12.3. The maximum atomic E-state index is 11.7. The molecule has 0 saturated heterocycles. The first-order chi connectivity index (χ1) is 8.20. The number of nitrogens with one attached hydrogen (secondary N) is 2. The Morgan fingerprint density at radius 3 is 2.94 bits per heavy atom. The van der Waals surface area contributed by atoms with Gasteiger partial charge in [-0.25, -0.2) is 4.98 Å². The van der Waals surface area contributed by atoms with Gasteiger partial charge < -0.3 is 20.8 Å². The van der Waals surface area contributed by atoms with Gasteiger partial charge in [-0.1, -0.05) is 0 Å². The monoisotopic (exact) mass is 232 g/mol. The first-order valence-electron chi connectivity index (χ1n) is 4.94. The van der Waals surface area contributed by atoms with Crippen LogP contribution in [-0.4, -0.2) is 23.0 Å². The molecule has 0 aliphatic heterocycles. The summed E-state index contributed by atoms with van der Waals surface area (Å²) in [6.45, 7) is 0. The van der Waals surface area contributed by atoms with E-state index in [1.807, 2.05) is 0 Å². The van der Waals surface area contributed by atoms with Gasteiger partial charge in [-0.15, -0.1) is 0 Å². The van der Waals surface area contributed by atoms with Crippen LogP contribution in [0.3, 0.4) is 0 Å². The lowest BCUT2D eigenvalue weighted by Gasteiger charge is -2.07. The molecule has 2 aromatic rings. The van der Waals surface area contributed by atoms with Crippen LogP contribution in [-0.2, 0) is 0 Å². The van der Waals surface area contributed by atoms with Crippen molar-refractivity contribution in [2.45, 2.75) is 0 Å². The summed E-state index contributed by atoms with van der Waals surface area (Å²) in [6.07, 6.45) is 2.89. The Bertz CT molecular complexity index is 522. The number of hydrogen-bond donors (Lipinski definition) is 3. The maximum Gasteiger partial charge on any atom is 0.273 e. The number of hydrogen-bond acceptors (Lipinski definition) is 4. The first-order valence-corrected chi connectivity index (χ1v) is 4.94. The highest BCUT2D eigenvalue weighted by atomic mass is 16.5. The van der Waals surface area contributed by atoms with Crippen molar-refractivity contribution in [2.75, 3.05) is 18.2 Å². The van der Waals surface area contributed by atoms with Crippen LogP contribution in [0, 0.1) is 0 Å². The molecule has 1 aromatic heterocycles. The molecule has 0 atom stereocenters. The standard InChI is InChI=1S/C11H12N4O2/c1-17-10-3-2-7(4-8(10)12)15-11(16)9-5-13-6-14-9/h2-6H,12H2,1H3,(H,13,14)(H,15,16). The van der Waals surface area contributed by atoms with Crippen molar-refractivity contribution in [1.29, 1.82) is 0 Å². The molecule has 17 heavy (non-hydrogen) atoms. The fourth-order valence-electron chi connectivity index (χ4n) is 1.39. The molecule has 1 heterocycles. The lowest BCUT2D eigenvalue weighted by atomic mass is 10.2. The maximum absolute atomic E-state index is 11.7. The highest BCUT2D eigenvalue weighted by Crippen LogP contribution is 2.24. The summed E-state index contributed by atoms with van der Waals surface area (Å²) >= 11 is 0. The molecule has 6 heteroatoms. The molecule has 0 aliphatic carbocycles. The number of nitrogen functional groups attached to an aromatic ring is 1. The molecule has 1 aromatic carbocycles. The molecular formula is C11H12N4O2. The minimum atomic E-state index is -0.271. The van der Waals surface area contributed by atoms with E-state index in [1.54, 1.807) is 18.2 Å². The highest BCUT2D eigenvalue weighted by molar-refractivity contribution is 6.02. The van der Waals surface area contributed by atoms with Crippen LogP contribution in [0.5, 0.6) is 5.75 Å².